The fourth-order valence-electron chi connectivity index (χ4n) is 3.05. The number of benzene rings is 1. The van der Waals surface area contributed by atoms with Crippen LogP contribution in [0, 0.1) is 0 Å². The molecule has 2 heterocycles. The third-order valence-corrected chi connectivity index (χ3v) is 6.54. The molecule has 1 amide bonds. The molecule has 0 bridgehead atoms. The van der Waals surface area contributed by atoms with Gasteiger partial charge in [0.15, 0.2) is 4.90 Å². The van der Waals surface area contributed by atoms with Gasteiger partial charge in [0.2, 0.25) is 0 Å². The number of piperidine rings is 1. The molecule has 6 nitrogen and oxygen atoms in total. The normalized spacial score (nSPS) is 16.2. The van der Waals surface area contributed by atoms with Crippen molar-refractivity contribution in [3.63, 3.8) is 0 Å². The summed E-state index contributed by atoms with van der Waals surface area (Å²) in [5.41, 5.74) is 0.907. The molecule has 0 spiro atoms. The second-order valence-electron chi connectivity index (χ2n) is 7.09. The van der Waals surface area contributed by atoms with Crippen LogP contribution in [0.5, 0.6) is 5.75 Å². The zero-order valence-corrected chi connectivity index (χ0v) is 18.1. The quantitative estimate of drug-likeness (QED) is 0.653. The fourth-order valence-corrected chi connectivity index (χ4v) is 4.54. The Morgan fingerprint density at radius 2 is 2.00 bits per heavy atom. The summed E-state index contributed by atoms with van der Waals surface area (Å²) in [6, 6.07) is 7.29. The van der Waals surface area contributed by atoms with Crippen LogP contribution in [0.4, 0.5) is 4.79 Å². The molecule has 1 aliphatic rings. The molecule has 28 heavy (non-hydrogen) atoms. The molecule has 8 heteroatoms. The summed E-state index contributed by atoms with van der Waals surface area (Å²) in [6.07, 6.45) is 3.14. The maximum absolute atomic E-state index is 12.0. The minimum Gasteiger partial charge on any atom is -0.612 e. The van der Waals surface area contributed by atoms with Crippen molar-refractivity contribution in [2.45, 2.75) is 50.2 Å². The molecule has 0 N–H and O–H groups in total. The van der Waals surface area contributed by atoms with E-state index in [4.69, 9.17) is 14.5 Å². The van der Waals surface area contributed by atoms with E-state index in [9.17, 15) is 9.35 Å². The van der Waals surface area contributed by atoms with Gasteiger partial charge in [-0.15, -0.1) is 11.3 Å². The van der Waals surface area contributed by atoms with Crippen molar-refractivity contribution < 1.29 is 18.8 Å². The Hall–Kier alpha value is -1.77. The summed E-state index contributed by atoms with van der Waals surface area (Å²) in [6.45, 7) is 5.54. The van der Waals surface area contributed by atoms with Crippen LogP contribution in [-0.4, -0.2) is 46.0 Å². The molecule has 0 radical (unpaired) electrons. The van der Waals surface area contributed by atoms with Crippen molar-refractivity contribution >= 4 is 28.6 Å². The predicted molar refractivity (Wildman–Crippen MR) is 110 cm³/mol. The average Bonchev–Trinajstić information content (AvgIpc) is 3.15. The van der Waals surface area contributed by atoms with E-state index in [1.807, 2.05) is 43.5 Å². The second kappa shape index (κ2) is 9.62. The number of carbonyl (C=O) groups is 1. The van der Waals surface area contributed by atoms with Crippen molar-refractivity contribution in [3.05, 3.63) is 40.3 Å². The fraction of sp³-hybridized carbons (Fsp3) is 0.500. The van der Waals surface area contributed by atoms with Gasteiger partial charge in [0.25, 0.3) is 0 Å². The Bertz CT molecular complexity index is 769. The molecule has 1 aromatic heterocycles. The molecule has 1 aliphatic heterocycles. The van der Waals surface area contributed by atoms with Gasteiger partial charge in [0.1, 0.15) is 18.6 Å². The van der Waals surface area contributed by atoms with E-state index >= 15 is 0 Å². The lowest BCUT2D eigenvalue weighted by Crippen LogP contribution is -2.39. The largest absolute Gasteiger partial charge is 0.612 e. The molecule has 2 aromatic rings. The average molecular weight is 423 g/mol. The smallest absolute Gasteiger partial charge is 0.410 e. The van der Waals surface area contributed by atoms with Crippen LogP contribution in [0.25, 0.3) is 0 Å². The Morgan fingerprint density at radius 3 is 2.61 bits per heavy atom. The van der Waals surface area contributed by atoms with Crippen molar-refractivity contribution in [2.75, 3.05) is 19.3 Å². The maximum atomic E-state index is 12.0. The van der Waals surface area contributed by atoms with Crippen LogP contribution in [0.3, 0.4) is 0 Å². The van der Waals surface area contributed by atoms with Crippen molar-refractivity contribution in [1.82, 2.24) is 9.88 Å². The number of thiazole rings is 1. The van der Waals surface area contributed by atoms with Crippen LogP contribution >= 0.6 is 11.3 Å². The summed E-state index contributed by atoms with van der Waals surface area (Å²) >= 11 is 0.668. The van der Waals surface area contributed by atoms with Gasteiger partial charge in [-0.25, -0.2) is 9.78 Å². The molecular weight excluding hydrogens is 396 g/mol. The highest BCUT2D eigenvalue weighted by Gasteiger charge is 2.26. The molecule has 1 saturated heterocycles. The third-order valence-electron chi connectivity index (χ3n) is 4.55. The van der Waals surface area contributed by atoms with Crippen molar-refractivity contribution in [1.29, 1.82) is 0 Å². The van der Waals surface area contributed by atoms with Crippen LogP contribution < -0.4 is 4.74 Å². The van der Waals surface area contributed by atoms with Gasteiger partial charge in [0.05, 0.1) is 16.8 Å². The van der Waals surface area contributed by atoms with E-state index in [0.717, 1.165) is 34.2 Å². The molecule has 0 saturated carbocycles. The number of likely N-dealkylation sites (tertiary alicyclic amines) is 1. The number of carbonyl (C=O) groups excluding carboxylic acids is 1. The van der Waals surface area contributed by atoms with Crippen molar-refractivity contribution in [2.24, 2.45) is 0 Å². The molecule has 0 aliphatic carbocycles. The summed E-state index contributed by atoms with van der Waals surface area (Å²) in [5.74, 6) is 1.11. The first-order chi connectivity index (χ1) is 13.4. The lowest BCUT2D eigenvalue weighted by molar-refractivity contribution is 0.0691. The van der Waals surface area contributed by atoms with Crippen LogP contribution in [0.1, 0.15) is 43.3 Å². The maximum Gasteiger partial charge on any atom is 0.410 e. The Labute approximate surface area is 173 Å². The van der Waals surface area contributed by atoms with Crippen molar-refractivity contribution in [3.8, 4) is 5.75 Å². The highest BCUT2D eigenvalue weighted by molar-refractivity contribution is 7.90. The number of ether oxygens (including phenoxy) is 2. The Kier molecular flexibility index (Phi) is 7.20. The molecule has 1 unspecified atom stereocenters. The van der Waals surface area contributed by atoms with Gasteiger partial charge < -0.3 is 18.9 Å². The van der Waals surface area contributed by atoms with E-state index < -0.39 is 11.2 Å². The zero-order chi connectivity index (χ0) is 20.1. The van der Waals surface area contributed by atoms with Gasteiger partial charge in [-0.05, 0) is 62.1 Å². The first-order valence-electron chi connectivity index (χ1n) is 9.38. The van der Waals surface area contributed by atoms with Gasteiger partial charge in [-0.3, -0.25) is 0 Å². The van der Waals surface area contributed by atoms with E-state index in [2.05, 4.69) is 0 Å². The molecule has 1 aromatic carbocycles. The monoisotopic (exact) mass is 422 g/mol. The Balaban J connectivity index is 1.48. The number of nitrogens with zero attached hydrogens (tertiary/aromatic N) is 2. The molecule has 152 valence electrons. The predicted octanol–water partition coefficient (Wildman–Crippen LogP) is 4.18. The lowest BCUT2D eigenvalue weighted by Gasteiger charge is -2.30. The topological polar surface area (TPSA) is 74.7 Å². The van der Waals surface area contributed by atoms with E-state index in [0.29, 0.717) is 25.6 Å². The first kappa shape index (κ1) is 21.0. The van der Waals surface area contributed by atoms with Gasteiger partial charge >= 0.3 is 6.09 Å². The van der Waals surface area contributed by atoms with Crippen LogP contribution in [0.15, 0.2) is 34.5 Å². The Morgan fingerprint density at radius 1 is 1.32 bits per heavy atom. The minimum absolute atomic E-state index is 0.0907. The number of rotatable bonds is 6. The highest BCUT2D eigenvalue weighted by Crippen LogP contribution is 2.31. The van der Waals surface area contributed by atoms with Crippen LogP contribution in [-0.2, 0) is 22.5 Å². The molecular formula is C20H26N2O4S2. The van der Waals surface area contributed by atoms with Gasteiger partial charge in [-0.1, -0.05) is 0 Å². The standard InChI is InChI=1S/C20H26N2O4S2/c1-14(2)26-20(23)22-10-8-15(9-11-22)19-21-16(13-27-19)12-25-17-4-6-18(7-5-17)28(3)24/h4-7,13-15H,8-12H2,1-3H3. The summed E-state index contributed by atoms with van der Waals surface area (Å²) < 4.78 is 22.5. The molecule has 1 fully saturated rings. The SMILES string of the molecule is CC(C)OC(=O)N1CCC(c2nc(COc3ccc([S+](C)[O-])cc3)cs2)CC1. The van der Waals surface area contributed by atoms with E-state index in [1.54, 1.807) is 22.5 Å². The summed E-state index contributed by atoms with van der Waals surface area (Å²) in [7, 11) is 0. The molecule has 3 rings (SSSR count). The summed E-state index contributed by atoms with van der Waals surface area (Å²) in [4.78, 5) is 19.3. The van der Waals surface area contributed by atoms with E-state index in [1.165, 1.54) is 0 Å². The van der Waals surface area contributed by atoms with E-state index in [-0.39, 0.29) is 12.2 Å². The number of aromatic nitrogens is 1. The second-order valence-corrected chi connectivity index (χ2v) is 9.35. The molecule has 1 atom stereocenters. The van der Waals surface area contributed by atoms with Gasteiger partial charge in [0, 0.05) is 24.4 Å². The number of amides is 1. The summed E-state index contributed by atoms with van der Waals surface area (Å²) in [5, 5.41) is 3.14. The minimum atomic E-state index is -0.984. The zero-order valence-electron chi connectivity index (χ0n) is 16.4. The number of hydrogen-bond donors (Lipinski definition) is 0. The number of hydrogen-bond acceptors (Lipinski definition) is 6. The van der Waals surface area contributed by atoms with Gasteiger partial charge in [-0.2, -0.15) is 0 Å². The highest BCUT2D eigenvalue weighted by atomic mass is 32.2. The lowest BCUT2D eigenvalue weighted by atomic mass is 9.98. The van der Waals surface area contributed by atoms with Crippen LogP contribution in [0.2, 0.25) is 0 Å². The third kappa shape index (κ3) is 5.62. The first-order valence-corrected chi connectivity index (χ1v) is 11.8.